The van der Waals surface area contributed by atoms with Crippen LogP contribution in [0, 0.1) is 0 Å². The number of aldehydes is 1. The minimum Gasteiger partial charge on any atom is -0.294 e. The van der Waals surface area contributed by atoms with Crippen molar-refractivity contribution in [3.05, 3.63) is 0 Å². The molecule has 1 aliphatic heterocycles. The Labute approximate surface area is 70.6 Å². The van der Waals surface area contributed by atoms with E-state index >= 15 is 0 Å². The van der Waals surface area contributed by atoms with Crippen LogP contribution < -0.4 is 5.39 Å². The predicted octanol–water partition coefficient (Wildman–Crippen LogP) is -0.861. The Morgan fingerprint density at radius 1 is 1.67 bits per heavy atom. The number of ketones is 1. The number of carbonyl (C=O) groups is 2. The van der Waals surface area contributed by atoms with Gasteiger partial charge in [-0.25, -0.2) is 10.3 Å². The fraction of sp³-hybridized carbons (Fsp3) is 0.667. The van der Waals surface area contributed by atoms with Crippen LogP contribution in [-0.4, -0.2) is 25.6 Å². The Morgan fingerprint density at radius 3 is 3.25 bits per heavy atom. The molecule has 0 saturated carbocycles. The molecule has 0 radical (unpaired) electrons. The van der Waals surface area contributed by atoms with Gasteiger partial charge in [0.2, 0.25) is 13.2 Å². The lowest BCUT2D eigenvalue weighted by molar-refractivity contribution is -0.339. The molecule has 1 rings (SSSR count). The third-order valence-corrected chi connectivity index (χ3v) is 1.65. The monoisotopic (exact) mass is 171 g/mol. The van der Waals surface area contributed by atoms with Crippen LogP contribution in [-0.2, 0) is 19.5 Å². The van der Waals surface area contributed by atoms with Crippen LogP contribution in [0.1, 0.15) is 12.8 Å². The van der Waals surface area contributed by atoms with E-state index in [1.54, 1.807) is 0 Å². The molecule has 1 N–H and O–H groups in total. The minimum absolute atomic E-state index is 0.260. The molecule has 1 aliphatic rings. The average Bonchev–Trinajstić information content (AvgIpc) is 2.02. The highest BCUT2D eigenvalue weighted by Crippen LogP contribution is 2.07. The van der Waals surface area contributed by atoms with Crippen molar-refractivity contribution in [3.8, 4) is 0 Å². The second kappa shape index (κ2) is 5.02. The second-order valence-corrected chi connectivity index (χ2v) is 2.58. The summed E-state index contributed by atoms with van der Waals surface area (Å²) in [6.45, 7) is 0. The minimum atomic E-state index is -0.740. The van der Waals surface area contributed by atoms with Gasteiger partial charge in [0.05, 0.1) is 0 Å². The zero-order valence-corrected chi connectivity index (χ0v) is 6.62. The van der Waals surface area contributed by atoms with Crippen LogP contribution >= 0.6 is 0 Å². The molecule has 0 aromatic heterocycles. The van der Waals surface area contributed by atoms with Crippen LogP contribution in [0.2, 0.25) is 6.32 Å². The summed E-state index contributed by atoms with van der Waals surface area (Å²) in [5.74, 6) is -0.571. The quantitative estimate of drug-likeness (QED) is 0.253. The standard InChI is InChI=1S/C6H10BNO4/c9-4-5(10)6-2-1-3-7-8-12-11-6/h4,6-8H,1-3H2. The van der Waals surface area contributed by atoms with Crippen molar-refractivity contribution >= 4 is 19.5 Å². The summed E-state index contributed by atoms with van der Waals surface area (Å²) < 4.78 is 0. The molecule has 0 aliphatic carbocycles. The topological polar surface area (TPSA) is 64.6 Å². The lowest BCUT2D eigenvalue weighted by atomic mass is 9.87. The number of rotatable bonds is 2. The summed E-state index contributed by atoms with van der Waals surface area (Å²) in [6.07, 6.45) is 1.82. The van der Waals surface area contributed by atoms with Crippen molar-refractivity contribution in [1.82, 2.24) is 5.39 Å². The van der Waals surface area contributed by atoms with Gasteiger partial charge in [0.25, 0.3) is 0 Å². The molecular formula is C6H10BNO4. The van der Waals surface area contributed by atoms with E-state index in [4.69, 9.17) is 0 Å². The summed E-state index contributed by atoms with van der Waals surface area (Å²) >= 11 is 0. The van der Waals surface area contributed by atoms with Crippen LogP contribution in [0.15, 0.2) is 0 Å². The summed E-state index contributed by atoms with van der Waals surface area (Å²) in [5.41, 5.74) is 0. The first kappa shape index (κ1) is 9.37. The van der Waals surface area contributed by atoms with Crippen molar-refractivity contribution in [1.29, 1.82) is 0 Å². The van der Waals surface area contributed by atoms with E-state index in [0.717, 1.165) is 12.7 Å². The zero-order chi connectivity index (χ0) is 8.81. The van der Waals surface area contributed by atoms with Crippen LogP contribution in [0.4, 0.5) is 0 Å². The van der Waals surface area contributed by atoms with Gasteiger partial charge < -0.3 is 0 Å². The molecule has 5 nitrogen and oxygen atoms in total. The van der Waals surface area contributed by atoms with Crippen molar-refractivity contribution < 1.29 is 19.5 Å². The predicted molar refractivity (Wildman–Crippen MR) is 41.4 cm³/mol. The van der Waals surface area contributed by atoms with Gasteiger partial charge >= 0.3 is 0 Å². The molecular weight excluding hydrogens is 161 g/mol. The van der Waals surface area contributed by atoms with E-state index in [0.29, 0.717) is 13.8 Å². The maximum atomic E-state index is 10.8. The van der Waals surface area contributed by atoms with Crippen molar-refractivity contribution in [2.75, 3.05) is 0 Å². The molecule has 0 aromatic rings. The van der Waals surface area contributed by atoms with Gasteiger partial charge in [0.15, 0.2) is 12.4 Å². The van der Waals surface area contributed by atoms with E-state index < -0.39 is 11.9 Å². The zero-order valence-electron chi connectivity index (χ0n) is 6.62. The number of carbonyl (C=O) groups excluding carboxylic acids is 2. The molecule has 1 fully saturated rings. The molecule has 1 unspecified atom stereocenters. The van der Waals surface area contributed by atoms with Crippen molar-refractivity contribution in [3.63, 3.8) is 0 Å². The Morgan fingerprint density at radius 2 is 2.50 bits per heavy atom. The summed E-state index contributed by atoms with van der Waals surface area (Å²) in [4.78, 5) is 30.1. The Hall–Kier alpha value is -0.715. The molecule has 0 amide bonds. The first-order chi connectivity index (χ1) is 5.84. The van der Waals surface area contributed by atoms with Crippen LogP contribution in [0.25, 0.3) is 0 Å². The first-order valence-corrected chi connectivity index (χ1v) is 3.89. The second-order valence-electron chi connectivity index (χ2n) is 2.58. The maximum Gasteiger partial charge on any atom is 0.238 e. The van der Waals surface area contributed by atoms with Crippen molar-refractivity contribution in [2.24, 2.45) is 0 Å². The van der Waals surface area contributed by atoms with Gasteiger partial charge in [0, 0.05) is 0 Å². The Balaban J connectivity index is 2.39. The van der Waals surface area contributed by atoms with Gasteiger partial charge in [-0.1, -0.05) is 12.7 Å². The molecule has 12 heavy (non-hydrogen) atoms. The summed E-state index contributed by atoms with van der Waals surface area (Å²) in [6, 6.07) is 0. The van der Waals surface area contributed by atoms with Gasteiger partial charge in [-0.15, -0.1) is 0 Å². The highest BCUT2D eigenvalue weighted by atomic mass is 17.3. The third-order valence-electron chi connectivity index (χ3n) is 1.65. The number of nitrogens with one attached hydrogen (secondary N) is 1. The van der Waals surface area contributed by atoms with Crippen molar-refractivity contribution in [2.45, 2.75) is 25.3 Å². The summed E-state index contributed by atoms with van der Waals surface area (Å²) in [5, 5.41) is 2.51. The van der Waals surface area contributed by atoms with E-state index in [2.05, 4.69) is 15.3 Å². The molecule has 1 heterocycles. The van der Waals surface area contributed by atoms with E-state index in [1.165, 1.54) is 0 Å². The summed E-state index contributed by atoms with van der Waals surface area (Å²) in [7, 11) is 0.696. The van der Waals surface area contributed by atoms with Gasteiger partial charge in [-0.2, -0.15) is 4.99 Å². The molecule has 6 heteroatoms. The lowest BCUT2D eigenvalue weighted by Crippen LogP contribution is -2.32. The number of hydrogen-bond acceptors (Lipinski definition) is 5. The third kappa shape index (κ3) is 2.73. The highest BCUT2D eigenvalue weighted by Gasteiger charge is 2.20. The van der Waals surface area contributed by atoms with Gasteiger partial charge in [-0.05, 0) is 6.42 Å². The number of Topliss-reactive ketones (excluding diaryl/α,β-unsaturated/α-hetero) is 1. The molecule has 1 atom stereocenters. The first-order valence-electron chi connectivity index (χ1n) is 3.89. The van der Waals surface area contributed by atoms with E-state index in [1.807, 2.05) is 0 Å². The molecule has 1 saturated heterocycles. The average molecular weight is 171 g/mol. The Bertz CT molecular complexity index is 167. The Kier molecular flexibility index (Phi) is 3.92. The normalized spacial score (nSPS) is 24.8. The molecule has 0 aromatic carbocycles. The fourth-order valence-corrected chi connectivity index (χ4v) is 0.974. The fourth-order valence-electron chi connectivity index (χ4n) is 0.974. The van der Waals surface area contributed by atoms with Crippen LogP contribution in [0.5, 0.6) is 0 Å². The highest BCUT2D eigenvalue weighted by molar-refractivity contribution is 6.31. The largest absolute Gasteiger partial charge is 0.294 e. The van der Waals surface area contributed by atoms with E-state index in [9.17, 15) is 9.59 Å². The molecule has 66 valence electrons. The lowest BCUT2D eigenvalue weighted by Gasteiger charge is -2.15. The van der Waals surface area contributed by atoms with E-state index in [-0.39, 0.29) is 6.29 Å². The molecule has 0 bridgehead atoms. The maximum absolute atomic E-state index is 10.8. The van der Waals surface area contributed by atoms with Gasteiger partial charge in [-0.3, -0.25) is 9.59 Å². The van der Waals surface area contributed by atoms with Gasteiger partial charge in [0.1, 0.15) is 0 Å². The molecule has 0 spiro atoms. The van der Waals surface area contributed by atoms with Crippen LogP contribution in [0.3, 0.4) is 0 Å². The SMILES string of the molecule is O=CC(=O)C1CCCBNOO1. The smallest absolute Gasteiger partial charge is 0.238 e. The number of hydrogen-bond donors (Lipinski definition) is 1.